The van der Waals surface area contributed by atoms with Crippen molar-refractivity contribution in [1.29, 1.82) is 0 Å². The summed E-state index contributed by atoms with van der Waals surface area (Å²) < 4.78 is 35.5. The molecule has 0 amide bonds. The Bertz CT molecular complexity index is 551. The van der Waals surface area contributed by atoms with Crippen molar-refractivity contribution in [2.45, 2.75) is 39.2 Å². The zero-order chi connectivity index (χ0) is 18.7. The third-order valence-corrected chi connectivity index (χ3v) is 4.25. The minimum Gasteiger partial charge on any atom is -0.490 e. The van der Waals surface area contributed by atoms with Crippen LogP contribution in [0.2, 0.25) is 0 Å². The number of halogens is 3. The first-order chi connectivity index (χ1) is 12.0. The van der Waals surface area contributed by atoms with Gasteiger partial charge in [-0.1, -0.05) is 19.1 Å². The number of hydrogen-bond acceptors (Lipinski definition) is 4. The Morgan fingerprint density at radius 2 is 2.00 bits per heavy atom. The van der Waals surface area contributed by atoms with Crippen LogP contribution >= 0.6 is 35.7 Å². The molecule has 5 nitrogen and oxygen atoms in total. The second kappa shape index (κ2) is 14.1. The Balaban J connectivity index is 0.00000625. The minimum atomic E-state index is -2.92. The standard InChI is InChI=1S/C17H27F2N3O2S.HI/c1-5-20-17(21-10-12(3)25-4)22-11-13-8-7-9-14(23-6-2)15(13)24-16(18)19;/h7-9,12,16H,5-6,10-11H2,1-4H3,(H2,20,21,22);1H. The van der Waals surface area contributed by atoms with E-state index < -0.39 is 6.61 Å². The number of guanidine groups is 1. The SMILES string of the molecule is CCNC(=NCc1cccc(OCC)c1OC(F)F)NCC(C)SC.I. The molecular weight excluding hydrogens is 475 g/mol. The summed E-state index contributed by atoms with van der Waals surface area (Å²) in [6, 6.07) is 5.06. The Morgan fingerprint density at radius 1 is 1.27 bits per heavy atom. The minimum absolute atomic E-state index is 0. The molecule has 0 heterocycles. The van der Waals surface area contributed by atoms with E-state index in [1.807, 2.05) is 13.2 Å². The van der Waals surface area contributed by atoms with E-state index >= 15 is 0 Å². The maximum absolute atomic E-state index is 12.7. The molecule has 1 rings (SSSR count). The number of benzene rings is 1. The fraction of sp³-hybridized carbons (Fsp3) is 0.588. The quantitative estimate of drug-likeness (QED) is 0.286. The Labute approximate surface area is 175 Å². The molecule has 1 unspecified atom stereocenters. The molecule has 9 heteroatoms. The summed E-state index contributed by atoms with van der Waals surface area (Å²) in [7, 11) is 0. The van der Waals surface area contributed by atoms with E-state index in [1.165, 1.54) is 0 Å². The van der Waals surface area contributed by atoms with E-state index in [0.29, 0.717) is 35.7 Å². The highest BCUT2D eigenvalue weighted by Gasteiger charge is 2.15. The number of rotatable bonds is 10. The van der Waals surface area contributed by atoms with Crippen molar-refractivity contribution in [2.75, 3.05) is 26.0 Å². The summed E-state index contributed by atoms with van der Waals surface area (Å²) in [5.74, 6) is 0.967. The van der Waals surface area contributed by atoms with Gasteiger partial charge < -0.3 is 20.1 Å². The van der Waals surface area contributed by atoms with E-state index in [-0.39, 0.29) is 36.3 Å². The zero-order valence-corrected chi connectivity index (χ0v) is 18.7. The molecule has 150 valence electrons. The van der Waals surface area contributed by atoms with Crippen molar-refractivity contribution < 1.29 is 18.3 Å². The average Bonchev–Trinajstić information content (AvgIpc) is 2.59. The van der Waals surface area contributed by atoms with Gasteiger partial charge in [-0.05, 0) is 26.2 Å². The van der Waals surface area contributed by atoms with Gasteiger partial charge in [0.1, 0.15) is 0 Å². The van der Waals surface area contributed by atoms with Gasteiger partial charge in [0, 0.05) is 23.9 Å². The van der Waals surface area contributed by atoms with Crippen molar-refractivity contribution in [3.63, 3.8) is 0 Å². The molecule has 1 atom stereocenters. The summed E-state index contributed by atoms with van der Waals surface area (Å²) in [4.78, 5) is 4.46. The van der Waals surface area contributed by atoms with Gasteiger partial charge in [0.05, 0.1) is 13.2 Å². The molecule has 0 bridgehead atoms. The van der Waals surface area contributed by atoms with Gasteiger partial charge in [-0.25, -0.2) is 4.99 Å². The lowest BCUT2D eigenvalue weighted by Crippen LogP contribution is -2.40. The highest BCUT2D eigenvalue weighted by molar-refractivity contribution is 14.0. The molecule has 0 saturated heterocycles. The largest absolute Gasteiger partial charge is 0.490 e. The van der Waals surface area contributed by atoms with Crippen LogP contribution in [0.4, 0.5) is 8.78 Å². The van der Waals surface area contributed by atoms with Crippen molar-refractivity contribution in [1.82, 2.24) is 10.6 Å². The first kappa shape index (κ1) is 25.0. The summed E-state index contributed by atoms with van der Waals surface area (Å²) in [6.07, 6.45) is 2.05. The van der Waals surface area contributed by atoms with E-state index in [0.717, 1.165) is 6.54 Å². The van der Waals surface area contributed by atoms with Crippen LogP contribution in [0.25, 0.3) is 0 Å². The molecule has 0 aliphatic carbocycles. The number of nitrogens with zero attached hydrogens (tertiary/aromatic N) is 1. The van der Waals surface area contributed by atoms with E-state index in [4.69, 9.17) is 4.74 Å². The van der Waals surface area contributed by atoms with Gasteiger partial charge in [-0.2, -0.15) is 20.5 Å². The topological polar surface area (TPSA) is 54.9 Å². The smallest absolute Gasteiger partial charge is 0.387 e. The first-order valence-electron chi connectivity index (χ1n) is 8.26. The molecular formula is C17H28F2IN3O2S. The van der Waals surface area contributed by atoms with E-state index in [1.54, 1.807) is 36.9 Å². The molecule has 0 aliphatic heterocycles. The van der Waals surface area contributed by atoms with Crippen LogP contribution in [-0.2, 0) is 6.54 Å². The predicted molar refractivity (Wildman–Crippen MR) is 115 cm³/mol. The maximum Gasteiger partial charge on any atom is 0.387 e. The summed E-state index contributed by atoms with van der Waals surface area (Å²) in [5, 5.41) is 6.81. The van der Waals surface area contributed by atoms with Gasteiger partial charge in [0.15, 0.2) is 17.5 Å². The number of alkyl halides is 2. The molecule has 0 spiro atoms. The normalized spacial score (nSPS) is 12.3. The maximum atomic E-state index is 12.7. The molecule has 0 saturated carbocycles. The lowest BCUT2D eigenvalue weighted by Gasteiger charge is -2.16. The number of hydrogen-bond donors (Lipinski definition) is 2. The fourth-order valence-electron chi connectivity index (χ4n) is 2.01. The third-order valence-electron chi connectivity index (χ3n) is 3.28. The van der Waals surface area contributed by atoms with E-state index in [2.05, 4.69) is 27.3 Å². The Hall–Kier alpha value is -0.970. The molecule has 1 aromatic rings. The third kappa shape index (κ3) is 9.11. The number of aliphatic imine (C=N–C) groups is 1. The molecule has 1 aromatic carbocycles. The molecule has 0 fully saturated rings. The van der Waals surface area contributed by atoms with Crippen LogP contribution in [0.3, 0.4) is 0 Å². The summed E-state index contributed by atoms with van der Waals surface area (Å²) >= 11 is 1.75. The first-order valence-corrected chi connectivity index (χ1v) is 9.55. The summed E-state index contributed by atoms with van der Waals surface area (Å²) in [6.45, 7) is 4.98. The van der Waals surface area contributed by atoms with Crippen LogP contribution in [0.5, 0.6) is 11.5 Å². The highest BCUT2D eigenvalue weighted by atomic mass is 127. The predicted octanol–water partition coefficient (Wildman–Crippen LogP) is 4.11. The second-order valence-corrected chi connectivity index (χ2v) is 6.45. The van der Waals surface area contributed by atoms with Crippen LogP contribution in [0.15, 0.2) is 23.2 Å². The monoisotopic (exact) mass is 503 g/mol. The zero-order valence-electron chi connectivity index (χ0n) is 15.6. The van der Waals surface area contributed by atoms with Crippen LogP contribution in [0, 0.1) is 0 Å². The highest BCUT2D eigenvalue weighted by Crippen LogP contribution is 2.33. The van der Waals surface area contributed by atoms with Crippen LogP contribution in [0.1, 0.15) is 26.3 Å². The fourth-order valence-corrected chi connectivity index (χ4v) is 2.26. The van der Waals surface area contributed by atoms with Gasteiger partial charge in [0.25, 0.3) is 0 Å². The molecule has 0 radical (unpaired) electrons. The van der Waals surface area contributed by atoms with Crippen molar-refractivity contribution >= 4 is 41.7 Å². The van der Waals surface area contributed by atoms with Crippen molar-refractivity contribution in [3.05, 3.63) is 23.8 Å². The number of ether oxygens (including phenoxy) is 2. The van der Waals surface area contributed by atoms with E-state index in [9.17, 15) is 8.78 Å². The lowest BCUT2D eigenvalue weighted by molar-refractivity contribution is -0.0520. The number of nitrogens with one attached hydrogen (secondary N) is 2. The van der Waals surface area contributed by atoms with Crippen LogP contribution < -0.4 is 20.1 Å². The van der Waals surface area contributed by atoms with Crippen LogP contribution in [-0.4, -0.2) is 43.8 Å². The summed E-state index contributed by atoms with van der Waals surface area (Å²) in [5.41, 5.74) is 0.543. The van der Waals surface area contributed by atoms with Gasteiger partial charge >= 0.3 is 6.61 Å². The lowest BCUT2D eigenvalue weighted by atomic mass is 10.2. The van der Waals surface area contributed by atoms with Gasteiger partial charge in [0.2, 0.25) is 0 Å². The molecule has 0 aromatic heterocycles. The van der Waals surface area contributed by atoms with Crippen molar-refractivity contribution in [2.24, 2.45) is 4.99 Å². The Morgan fingerprint density at radius 3 is 2.58 bits per heavy atom. The molecule has 26 heavy (non-hydrogen) atoms. The number of para-hydroxylation sites is 1. The number of thioether (sulfide) groups is 1. The van der Waals surface area contributed by atoms with Gasteiger partial charge in [-0.3, -0.25) is 0 Å². The Kier molecular flexibility index (Phi) is 13.6. The molecule has 2 N–H and O–H groups in total. The van der Waals surface area contributed by atoms with Gasteiger partial charge in [-0.15, -0.1) is 24.0 Å². The average molecular weight is 503 g/mol. The van der Waals surface area contributed by atoms with Crippen molar-refractivity contribution in [3.8, 4) is 11.5 Å². The second-order valence-electron chi connectivity index (χ2n) is 5.18. The molecule has 0 aliphatic rings.